The van der Waals surface area contributed by atoms with Crippen LogP contribution in [0.3, 0.4) is 0 Å². The molecule has 0 bridgehead atoms. The standard InChI is InChI=1S/C19H23FN2O/c1-23-18-10-9-16(20)12-15(18)13-22-17-8-5-11-21-19(17)14-6-3-2-4-7-14/h2-4,6-7,9-10,12,17,19,21-22H,5,8,11,13H2,1H3/t17-,19-/m1/s1. The van der Waals surface area contributed by atoms with E-state index in [0.717, 1.165) is 30.7 Å². The van der Waals surface area contributed by atoms with Crippen molar-refractivity contribution < 1.29 is 9.13 Å². The molecule has 1 aliphatic rings. The first kappa shape index (κ1) is 16.0. The lowest BCUT2D eigenvalue weighted by atomic mass is 9.92. The van der Waals surface area contributed by atoms with Gasteiger partial charge in [0.1, 0.15) is 11.6 Å². The molecule has 0 aliphatic carbocycles. The molecule has 2 aromatic carbocycles. The molecular weight excluding hydrogens is 291 g/mol. The topological polar surface area (TPSA) is 33.3 Å². The molecule has 1 fully saturated rings. The van der Waals surface area contributed by atoms with Crippen LogP contribution in [-0.2, 0) is 6.54 Å². The van der Waals surface area contributed by atoms with Crippen LogP contribution in [0, 0.1) is 5.82 Å². The quantitative estimate of drug-likeness (QED) is 0.887. The first-order valence-corrected chi connectivity index (χ1v) is 8.12. The zero-order chi connectivity index (χ0) is 16.1. The van der Waals surface area contributed by atoms with Gasteiger partial charge in [0.15, 0.2) is 0 Å². The van der Waals surface area contributed by atoms with Crippen molar-refractivity contribution in [2.75, 3.05) is 13.7 Å². The molecule has 0 saturated carbocycles. The number of hydrogen-bond donors (Lipinski definition) is 2. The second kappa shape index (κ2) is 7.57. The third-order valence-electron chi connectivity index (χ3n) is 4.41. The number of nitrogens with one attached hydrogen (secondary N) is 2. The van der Waals surface area contributed by atoms with Crippen LogP contribution in [0.2, 0.25) is 0 Å². The number of benzene rings is 2. The lowest BCUT2D eigenvalue weighted by Gasteiger charge is -2.34. The molecule has 4 heteroatoms. The van der Waals surface area contributed by atoms with Gasteiger partial charge in [0, 0.05) is 24.2 Å². The number of halogens is 1. The minimum atomic E-state index is -0.232. The lowest BCUT2D eigenvalue weighted by molar-refractivity contribution is 0.302. The summed E-state index contributed by atoms with van der Waals surface area (Å²) in [4.78, 5) is 0. The van der Waals surface area contributed by atoms with Gasteiger partial charge in [-0.15, -0.1) is 0 Å². The normalized spacial score (nSPS) is 21.1. The van der Waals surface area contributed by atoms with E-state index in [9.17, 15) is 4.39 Å². The number of hydrogen-bond acceptors (Lipinski definition) is 3. The van der Waals surface area contributed by atoms with Gasteiger partial charge >= 0.3 is 0 Å². The Morgan fingerprint density at radius 1 is 1.22 bits per heavy atom. The van der Waals surface area contributed by atoms with E-state index in [2.05, 4.69) is 34.9 Å². The summed E-state index contributed by atoms with van der Waals surface area (Å²) in [6, 6.07) is 15.7. The molecule has 0 radical (unpaired) electrons. The first-order chi connectivity index (χ1) is 11.3. The van der Waals surface area contributed by atoms with Crippen molar-refractivity contribution in [3.05, 3.63) is 65.5 Å². The maximum absolute atomic E-state index is 13.5. The van der Waals surface area contributed by atoms with Crippen LogP contribution in [-0.4, -0.2) is 19.7 Å². The van der Waals surface area contributed by atoms with Gasteiger partial charge in [0.05, 0.1) is 7.11 Å². The van der Waals surface area contributed by atoms with Crippen LogP contribution >= 0.6 is 0 Å². The van der Waals surface area contributed by atoms with Crippen LogP contribution in [0.5, 0.6) is 5.75 Å². The Balaban J connectivity index is 1.72. The summed E-state index contributed by atoms with van der Waals surface area (Å²) in [5, 5.41) is 7.17. The number of ether oxygens (including phenoxy) is 1. The van der Waals surface area contributed by atoms with E-state index in [1.54, 1.807) is 19.2 Å². The molecule has 2 atom stereocenters. The van der Waals surface area contributed by atoms with Gasteiger partial charge in [-0.2, -0.15) is 0 Å². The summed E-state index contributed by atoms with van der Waals surface area (Å²) in [5.74, 6) is 0.489. The summed E-state index contributed by atoms with van der Waals surface area (Å²) >= 11 is 0. The van der Waals surface area contributed by atoms with Crippen molar-refractivity contribution in [2.24, 2.45) is 0 Å². The van der Waals surface area contributed by atoms with E-state index in [4.69, 9.17) is 4.74 Å². The molecule has 0 aromatic heterocycles. The third-order valence-corrected chi connectivity index (χ3v) is 4.41. The van der Waals surface area contributed by atoms with E-state index >= 15 is 0 Å². The highest BCUT2D eigenvalue weighted by Gasteiger charge is 2.25. The summed E-state index contributed by atoms with van der Waals surface area (Å²) in [6.45, 7) is 1.62. The Labute approximate surface area is 136 Å². The van der Waals surface area contributed by atoms with Gasteiger partial charge < -0.3 is 15.4 Å². The molecule has 0 amide bonds. The van der Waals surface area contributed by atoms with Crippen LogP contribution in [0.15, 0.2) is 48.5 Å². The fraction of sp³-hybridized carbons (Fsp3) is 0.368. The Hall–Kier alpha value is -1.91. The van der Waals surface area contributed by atoms with Crippen molar-refractivity contribution in [1.82, 2.24) is 10.6 Å². The molecule has 1 heterocycles. The Kier molecular flexibility index (Phi) is 5.26. The Morgan fingerprint density at radius 2 is 2.04 bits per heavy atom. The Bertz CT molecular complexity index is 633. The monoisotopic (exact) mass is 314 g/mol. The molecular formula is C19H23FN2O. The molecule has 3 rings (SSSR count). The van der Waals surface area contributed by atoms with E-state index in [0.29, 0.717) is 12.6 Å². The van der Waals surface area contributed by atoms with Gasteiger partial charge in [0.2, 0.25) is 0 Å². The molecule has 122 valence electrons. The maximum atomic E-state index is 13.5. The van der Waals surface area contributed by atoms with Gasteiger partial charge in [-0.3, -0.25) is 0 Å². The zero-order valence-corrected chi connectivity index (χ0v) is 13.4. The highest BCUT2D eigenvalue weighted by molar-refractivity contribution is 5.34. The smallest absolute Gasteiger partial charge is 0.123 e. The van der Waals surface area contributed by atoms with E-state index in [1.165, 1.54) is 11.6 Å². The van der Waals surface area contributed by atoms with Gasteiger partial charge in [-0.05, 0) is 43.1 Å². The SMILES string of the molecule is COc1ccc(F)cc1CN[C@@H]1CCCN[C@@H]1c1ccccc1. The highest BCUT2D eigenvalue weighted by atomic mass is 19.1. The zero-order valence-electron chi connectivity index (χ0n) is 13.4. The van der Waals surface area contributed by atoms with E-state index in [1.807, 2.05) is 6.07 Å². The first-order valence-electron chi connectivity index (χ1n) is 8.12. The molecule has 1 saturated heterocycles. The molecule has 3 nitrogen and oxygen atoms in total. The van der Waals surface area contributed by atoms with Crippen molar-refractivity contribution in [3.63, 3.8) is 0 Å². The number of rotatable bonds is 5. The van der Waals surface area contributed by atoms with E-state index < -0.39 is 0 Å². The van der Waals surface area contributed by atoms with Gasteiger partial charge in [0.25, 0.3) is 0 Å². The summed E-state index contributed by atoms with van der Waals surface area (Å²) in [6.07, 6.45) is 2.24. The largest absolute Gasteiger partial charge is 0.496 e. The average Bonchev–Trinajstić information content (AvgIpc) is 2.61. The van der Waals surface area contributed by atoms with Crippen molar-refractivity contribution >= 4 is 0 Å². The second-order valence-electron chi connectivity index (χ2n) is 5.93. The van der Waals surface area contributed by atoms with Crippen molar-refractivity contribution in [2.45, 2.75) is 31.5 Å². The average molecular weight is 314 g/mol. The van der Waals surface area contributed by atoms with Gasteiger partial charge in [-0.25, -0.2) is 4.39 Å². The summed E-state index contributed by atoms with van der Waals surface area (Å²) in [5.41, 5.74) is 2.14. The minimum absolute atomic E-state index is 0.232. The number of piperidine rings is 1. The molecule has 23 heavy (non-hydrogen) atoms. The van der Waals surface area contributed by atoms with Crippen molar-refractivity contribution in [1.29, 1.82) is 0 Å². The highest BCUT2D eigenvalue weighted by Crippen LogP contribution is 2.25. The lowest BCUT2D eigenvalue weighted by Crippen LogP contribution is -2.45. The molecule has 0 unspecified atom stereocenters. The molecule has 0 spiro atoms. The minimum Gasteiger partial charge on any atom is -0.496 e. The molecule has 1 aliphatic heterocycles. The fourth-order valence-corrected chi connectivity index (χ4v) is 3.25. The Morgan fingerprint density at radius 3 is 2.83 bits per heavy atom. The van der Waals surface area contributed by atoms with Crippen LogP contribution in [0.25, 0.3) is 0 Å². The summed E-state index contributed by atoms with van der Waals surface area (Å²) in [7, 11) is 1.62. The molecule has 2 N–H and O–H groups in total. The third kappa shape index (κ3) is 3.89. The van der Waals surface area contributed by atoms with Crippen LogP contribution in [0.4, 0.5) is 4.39 Å². The summed E-state index contributed by atoms with van der Waals surface area (Å²) < 4.78 is 18.8. The molecule has 2 aromatic rings. The van der Waals surface area contributed by atoms with Crippen LogP contribution < -0.4 is 15.4 Å². The fourth-order valence-electron chi connectivity index (χ4n) is 3.25. The second-order valence-corrected chi connectivity index (χ2v) is 5.93. The van der Waals surface area contributed by atoms with Crippen LogP contribution in [0.1, 0.15) is 30.0 Å². The van der Waals surface area contributed by atoms with Gasteiger partial charge in [-0.1, -0.05) is 30.3 Å². The predicted octanol–water partition coefficient (Wildman–Crippen LogP) is 3.42. The predicted molar refractivity (Wildman–Crippen MR) is 90.0 cm³/mol. The van der Waals surface area contributed by atoms with Crippen molar-refractivity contribution in [3.8, 4) is 5.75 Å². The van der Waals surface area contributed by atoms with E-state index in [-0.39, 0.29) is 11.9 Å². The number of methoxy groups -OCH3 is 1. The maximum Gasteiger partial charge on any atom is 0.123 e.